The molecule has 0 aromatic carbocycles. The van der Waals surface area contributed by atoms with Crippen molar-refractivity contribution in [2.45, 2.75) is 153 Å². The molecule has 0 radical (unpaired) electrons. The molecule has 0 spiro atoms. The Labute approximate surface area is 287 Å². The van der Waals surface area contributed by atoms with E-state index in [1.807, 2.05) is 0 Å². The molecule has 9 heteroatoms. The van der Waals surface area contributed by atoms with Gasteiger partial charge in [0, 0.05) is 75.5 Å². The number of aromatic nitrogens is 3. The molecule has 3 saturated carbocycles. The fourth-order valence-corrected chi connectivity index (χ4v) is 8.45. The van der Waals surface area contributed by atoms with Gasteiger partial charge in [0.25, 0.3) is 0 Å². The highest BCUT2D eigenvalue weighted by atomic mass is 15.1. The summed E-state index contributed by atoms with van der Waals surface area (Å²) in [6, 6.07) is 22.1. The predicted octanol–water partition coefficient (Wildman–Crippen LogP) is 4.76. The molecule has 3 aliphatic carbocycles. The standard InChI is InChI=1S/C39H57N9/c1-2-17-35-34(16-1)40-22-28-10-7-12-30(46-28)24-42-36-18-3-4-19-37(36)44-26-32-14-9-15-33(48-32)27-45-39-21-6-5-20-38(39)43-25-31-13-8-11-29(47-31)23-41-35/h7-15,34-45H,1-6,16-27H2/t34-,35-,36-,37-,38+,39+/m1/s1. The van der Waals surface area contributed by atoms with Gasteiger partial charge in [-0.1, -0.05) is 56.7 Å². The monoisotopic (exact) mass is 651 g/mol. The number of hydrogen-bond acceptors (Lipinski definition) is 9. The van der Waals surface area contributed by atoms with E-state index in [0.29, 0.717) is 36.3 Å². The molecule has 3 aromatic rings. The maximum absolute atomic E-state index is 5.07. The average molecular weight is 652 g/mol. The Kier molecular flexibility index (Phi) is 12.1. The molecule has 0 amide bonds. The molecule has 7 rings (SSSR count). The lowest BCUT2D eigenvalue weighted by Gasteiger charge is -2.33. The number of rotatable bonds is 0. The van der Waals surface area contributed by atoms with E-state index in [2.05, 4.69) is 86.5 Å². The van der Waals surface area contributed by atoms with Gasteiger partial charge < -0.3 is 31.9 Å². The smallest absolute Gasteiger partial charge is 0.0545 e. The van der Waals surface area contributed by atoms with Crippen molar-refractivity contribution in [3.63, 3.8) is 0 Å². The van der Waals surface area contributed by atoms with Crippen molar-refractivity contribution < 1.29 is 0 Å². The van der Waals surface area contributed by atoms with Gasteiger partial charge >= 0.3 is 0 Å². The Morgan fingerprint density at radius 1 is 0.312 bits per heavy atom. The molecule has 0 saturated heterocycles. The van der Waals surface area contributed by atoms with Gasteiger partial charge in [-0.05, 0) is 74.9 Å². The highest BCUT2D eigenvalue weighted by Crippen LogP contribution is 2.22. The first-order valence-corrected chi connectivity index (χ1v) is 19.0. The van der Waals surface area contributed by atoms with Crippen molar-refractivity contribution in [1.29, 1.82) is 0 Å². The van der Waals surface area contributed by atoms with Crippen molar-refractivity contribution in [2.24, 2.45) is 0 Å². The summed E-state index contributed by atoms with van der Waals surface area (Å²) in [7, 11) is 0. The summed E-state index contributed by atoms with van der Waals surface area (Å²) in [6.07, 6.45) is 14.9. The zero-order valence-corrected chi connectivity index (χ0v) is 28.7. The fourth-order valence-electron chi connectivity index (χ4n) is 8.45. The SMILES string of the molecule is c1cc2nc(c1)CN[C@@H]1CCCC[C@H]1NCc1cccc(n1)CN[C@@H]1CCCC[C@H]1NCc1cccc(n1)CN[C@H]1CCCC[C@@H]1NC2. The minimum Gasteiger partial charge on any atom is -0.307 e. The first kappa shape index (κ1) is 33.7. The lowest BCUT2D eigenvalue weighted by atomic mass is 9.90. The fraction of sp³-hybridized carbons (Fsp3) is 0.615. The Morgan fingerprint density at radius 3 is 0.688 bits per heavy atom. The molecule has 9 nitrogen and oxygen atoms in total. The number of nitrogens with one attached hydrogen (secondary N) is 6. The lowest BCUT2D eigenvalue weighted by molar-refractivity contribution is 0.278. The molecule has 3 fully saturated rings. The predicted molar refractivity (Wildman–Crippen MR) is 192 cm³/mol. The summed E-state index contributed by atoms with van der Waals surface area (Å²) in [5.41, 5.74) is 6.73. The van der Waals surface area contributed by atoms with Crippen LogP contribution in [-0.2, 0) is 39.3 Å². The highest BCUT2D eigenvalue weighted by molar-refractivity contribution is 5.14. The van der Waals surface area contributed by atoms with Crippen LogP contribution in [0.25, 0.3) is 0 Å². The zero-order chi connectivity index (χ0) is 32.4. The lowest BCUT2D eigenvalue weighted by Crippen LogP contribution is -2.49. The van der Waals surface area contributed by atoms with Crippen LogP contribution in [0.1, 0.15) is 111 Å². The van der Waals surface area contributed by atoms with Crippen molar-refractivity contribution in [2.75, 3.05) is 0 Å². The zero-order valence-electron chi connectivity index (χ0n) is 28.7. The van der Waals surface area contributed by atoms with Gasteiger partial charge in [0.15, 0.2) is 0 Å². The quantitative estimate of drug-likeness (QED) is 0.205. The van der Waals surface area contributed by atoms with Crippen LogP contribution in [-0.4, -0.2) is 51.2 Å². The second-order valence-electron chi connectivity index (χ2n) is 14.6. The largest absolute Gasteiger partial charge is 0.307 e. The summed E-state index contributed by atoms with van der Waals surface area (Å²) in [5, 5.41) is 23.3. The molecule has 6 N–H and O–H groups in total. The van der Waals surface area contributed by atoms with E-state index in [-0.39, 0.29) is 0 Å². The Balaban J connectivity index is 1.07. The van der Waals surface area contributed by atoms with Crippen LogP contribution < -0.4 is 31.9 Å². The molecule has 258 valence electrons. The molecule has 1 aliphatic heterocycles. The summed E-state index contributed by atoms with van der Waals surface area (Å²) < 4.78 is 0. The van der Waals surface area contributed by atoms with E-state index in [1.54, 1.807) is 0 Å². The van der Waals surface area contributed by atoms with Gasteiger partial charge in [-0.25, -0.2) is 0 Å². The van der Waals surface area contributed by atoms with E-state index in [0.717, 1.165) is 73.4 Å². The molecule has 3 aromatic heterocycles. The van der Waals surface area contributed by atoms with Crippen LogP contribution in [0.3, 0.4) is 0 Å². The van der Waals surface area contributed by atoms with Gasteiger partial charge in [-0.3, -0.25) is 15.0 Å². The second-order valence-corrected chi connectivity index (χ2v) is 14.6. The van der Waals surface area contributed by atoms with Crippen LogP contribution in [0, 0.1) is 0 Å². The van der Waals surface area contributed by atoms with E-state index in [4.69, 9.17) is 15.0 Å². The van der Waals surface area contributed by atoms with E-state index in [9.17, 15) is 0 Å². The average Bonchev–Trinajstić information content (AvgIpc) is 3.14. The van der Waals surface area contributed by atoms with Crippen molar-refractivity contribution in [3.05, 3.63) is 88.8 Å². The van der Waals surface area contributed by atoms with E-state index >= 15 is 0 Å². The van der Waals surface area contributed by atoms with E-state index in [1.165, 1.54) is 77.0 Å². The third-order valence-corrected chi connectivity index (χ3v) is 11.2. The van der Waals surface area contributed by atoms with E-state index < -0.39 is 0 Å². The van der Waals surface area contributed by atoms with Gasteiger partial charge in [-0.15, -0.1) is 0 Å². The number of nitrogens with zero attached hydrogens (tertiary/aromatic N) is 3. The third kappa shape index (κ3) is 9.46. The first-order valence-electron chi connectivity index (χ1n) is 19.0. The normalized spacial score (nSPS) is 29.8. The minimum atomic E-state index is 0.439. The van der Waals surface area contributed by atoms with Crippen LogP contribution in [0.4, 0.5) is 0 Å². The molecule has 6 bridgehead atoms. The van der Waals surface area contributed by atoms with Crippen molar-refractivity contribution in [1.82, 2.24) is 46.9 Å². The summed E-state index contributed by atoms with van der Waals surface area (Å²) in [5.74, 6) is 0. The summed E-state index contributed by atoms with van der Waals surface area (Å²) in [6.45, 7) is 4.79. The summed E-state index contributed by atoms with van der Waals surface area (Å²) >= 11 is 0. The maximum atomic E-state index is 5.07. The number of hydrogen-bond donors (Lipinski definition) is 6. The number of pyridine rings is 3. The molecule has 48 heavy (non-hydrogen) atoms. The van der Waals surface area contributed by atoms with Gasteiger partial charge in [0.05, 0.1) is 34.2 Å². The Bertz CT molecular complexity index is 1170. The topological polar surface area (TPSA) is 111 Å². The van der Waals surface area contributed by atoms with Crippen molar-refractivity contribution >= 4 is 0 Å². The third-order valence-electron chi connectivity index (χ3n) is 11.2. The van der Waals surface area contributed by atoms with Gasteiger partial charge in [0.2, 0.25) is 0 Å². The first-order chi connectivity index (χ1) is 23.7. The van der Waals surface area contributed by atoms with Crippen molar-refractivity contribution in [3.8, 4) is 0 Å². The van der Waals surface area contributed by atoms with Crippen LogP contribution in [0.2, 0.25) is 0 Å². The van der Waals surface area contributed by atoms with Crippen LogP contribution in [0.15, 0.2) is 54.6 Å². The van der Waals surface area contributed by atoms with Crippen LogP contribution in [0.5, 0.6) is 0 Å². The second kappa shape index (κ2) is 17.2. The molecular weight excluding hydrogens is 594 g/mol. The molecule has 0 unspecified atom stereocenters. The van der Waals surface area contributed by atoms with Crippen LogP contribution >= 0.6 is 0 Å². The molecule has 4 aliphatic rings. The number of fused-ring (bicyclic) bond motifs is 9. The maximum Gasteiger partial charge on any atom is 0.0545 e. The Hall–Kier alpha value is -2.79. The molecular formula is C39H57N9. The summed E-state index contributed by atoms with van der Waals surface area (Å²) in [4.78, 5) is 15.2. The molecule has 4 heterocycles. The Morgan fingerprint density at radius 2 is 0.500 bits per heavy atom. The molecule has 6 atom stereocenters. The highest BCUT2D eigenvalue weighted by Gasteiger charge is 2.27. The minimum absolute atomic E-state index is 0.439. The van der Waals surface area contributed by atoms with Gasteiger partial charge in [0.1, 0.15) is 0 Å². The van der Waals surface area contributed by atoms with Gasteiger partial charge in [-0.2, -0.15) is 0 Å².